The summed E-state index contributed by atoms with van der Waals surface area (Å²) in [7, 11) is 0. The molecule has 0 spiro atoms. The summed E-state index contributed by atoms with van der Waals surface area (Å²) in [5.74, 6) is 2.64. The molecule has 1 aromatic carbocycles. The minimum atomic E-state index is 0.844. The molecule has 0 aromatic heterocycles. The highest BCUT2D eigenvalue weighted by Crippen LogP contribution is 2.52. The molecule has 0 saturated heterocycles. The molecule has 0 N–H and O–H groups in total. The van der Waals surface area contributed by atoms with Crippen LogP contribution in [0.3, 0.4) is 0 Å². The van der Waals surface area contributed by atoms with Crippen LogP contribution in [-0.2, 0) is 0 Å². The zero-order valence-electron chi connectivity index (χ0n) is 7.12. The minimum absolute atomic E-state index is 0.844. The summed E-state index contributed by atoms with van der Waals surface area (Å²) in [5.41, 5.74) is 1.52. The predicted octanol–water partition coefficient (Wildman–Crippen LogP) is 3.06. The first-order valence-corrected chi connectivity index (χ1v) is 4.35. The van der Waals surface area contributed by atoms with E-state index in [1.807, 2.05) is 0 Å². The normalized spacial score (nSPS) is 35.3. The van der Waals surface area contributed by atoms with Crippen molar-refractivity contribution in [3.05, 3.63) is 35.9 Å². The Kier molecular flexibility index (Phi) is 1.49. The van der Waals surface area contributed by atoms with Crippen molar-refractivity contribution in [1.82, 2.24) is 0 Å². The standard InChI is InChI=1S/C11H14/c1-8-9(2)11(8)10-6-4-3-5-7-10/h3-9,11H,1-2H3/t8-,9-/m1/s1. The molecule has 1 aliphatic carbocycles. The van der Waals surface area contributed by atoms with Gasteiger partial charge in [0, 0.05) is 0 Å². The van der Waals surface area contributed by atoms with Crippen molar-refractivity contribution in [3.8, 4) is 0 Å². The van der Waals surface area contributed by atoms with Gasteiger partial charge in [0.1, 0.15) is 0 Å². The van der Waals surface area contributed by atoms with Gasteiger partial charge < -0.3 is 0 Å². The summed E-state index contributed by atoms with van der Waals surface area (Å²) in [6.45, 7) is 4.67. The molecule has 0 nitrogen and oxygen atoms in total. The van der Waals surface area contributed by atoms with Crippen LogP contribution in [0.1, 0.15) is 25.3 Å². The van der Waals surface area contributed by atoms with Crippen LogP contribution in [-0.4, -0.2) is 0 Å². The van der Waals surface area contributed by atoms with Crippen LogP contribution in [0, 0.1) is 11.8 Å². The topological polar surface area (TPSA) is 0 Å². The third kappa shape index (κ3) is 1.07. The minimum Gasteiger partial charge on any atom is -0.0622 e. The van der Waals surface area contributed by atoms with Crippen LogP contribution in [0.5, 0.6) is 0 Å². The zero-order valence-corrected chi connectivity index (χ0v) is 7.12. The summed E-state index contributed by atoms with van der Waals surface area (Å²) in [6, 6.07) is 10.8. The predicted molar refractivity (Wildman–Crippen MR) is 47.5 cm³/mol. The Hall–Kier alpha value is -0.780. The molecule has 11 heavy (non-hydrogen) atoms. The molecule has 2 rings (SSSR count). The van der Waals surface area contributed by atoms with Crippen LogP contribution >= 0.6 is 0 Å². The van der Waals surface area contributed by atoms with E-state index in [0.717, 1.165) is 17.8 Å². The Bertz CT molecular complexity index is 229. The molecule has 1 aliphatic rings. The van der Waals surface area contributed by atoms with Gasteiger partial charge in [0.2, 0.25) is 0 Å². The van der Waals surface area contributed by atoms with Gasteiger partial charge in [0.25, 0.3) is 0 Å². The van der Waals surface area contributed by atoms with E-state index in [9.17, 15) is 0 Å². The molecule has 0 heteroatoms. The lowest BCUT2D eigenvalue weighted by Gasteiger charge is -1.95. The lowest BCUT2D eigenvalue weighted by atomic mass is 10.1. The van der Waals surface area contributed by atoms with Crippen molar-refractivity contribution in [2.24, 2.45) is 11.8 Å². The average Bonchev–Trinajstić information content (AvgIpc) is 2.62. The maximum atomic E-state index is 2.34. The molecule has 1 fully saturated rings. The van der Waals surface area contributed by atoms with E-state index in [2.05, 4.69) is 44.2 Å². The first-order valence-electron chi connectivity index (χ1n) is 4.35. The maximum absolute atomic E-state index is 2.34. The molecule has 2 atom stereocenters. The third-order valence-electron chi connectivity index (χ3n) is 3.01. The fourth-order valence-corrected chi connectivity index (χ4v) is 1.95. The van der Waals surface area contributed by atoms with Gasteiger partial charge in [-0.3, -0.25) is 0 Å². The van der Waals surface area contributed by atoms with Crippen molar-refractivity contribution >= 4 is 0 Å². The maximum Gasteiger partial charge on any atom is -0.0105 e. The number of hydrogen-bond donors (Lipinski definition) is 0. The van der Waals surface area contributed by atoms with Crippen LogP contribution < -0.4 is 0 Å². The number of hydrogen-bond acceptors (Lipinski definition) is 0. The van der Waals surface area contributed by atoms with Gasteiger partial charge >= 0.3 is 0 Å². The van der Waals surface area contributed by atoms with Crippen molar-refractivity contribution in [1.29, 1.82) is 0 Å². The zero-order chi connectivity index (χ0) is 7.84. The van der Waals surface area contributed by atoms with Gasteiger partial charge in [-0.15, -0.1) is 0 Å². The molecular formula is C11H14. The molecule has 1 aromatic rings. The molecule has 0 aliphatic heterocycles. The number of benzene rings is 1. The summed E-state index contributed by atoms with van der Waals surface area (Å²) in [6.07, 6.45) is 0. The molecule has 0 radical (unpaired) electrons. The van der Waals surface area contributed by atoms with Gasteiger partial charge in [-0.2, -0.15) is 0 Å². The summed E-state index contributed by atoms with van der Waals surface area (Å²) < 4.78 is 0. The Balaban J connectivity index is 2.20. The fraction of sp³-hybridized carbons (Fsp3) is 0.455. The van der Waals surface area contributed by atoms with Crippen LogP contribution in [0.2, 0.25) is 0 Å². The van der Waals surface area contributed by atoms with E-state index in [1.54, 1.807) is 0 Å². The Morgan fingerprint density at radius 1 is 0.909 bits per heavy atom. The molecule has 1 saturated carbocycles. The van der Waals surface area contributed by atoms with Gasteiger partial charge in [0.15, 0.2) is 0 Å². The lowest BCUT2D eigenvalue weighted by molar-refractivity contribution is 0.834. The molecular weight excluding hydrogens is 132 g/mol. The van der Waals surface area contributed by atoms with Crippen LogP contribution in [0.25, 0.3) is 0 Å². The van der Waals surface area contributed by atoms with Gasteiger partial charge in [-0.1, -0.05) is 44.2 Å². The van der Waals surface area contributed by atoms with E-state index in [0.29, 0.717) is 0 Å². The van der Waals surface area contributed by atoms with Crippen LogP contribution in [0.15, 0.2) is 30.3 Å². The van der Waals surface area contributed by atoms with E-state index in [-0.39, 0.29) is 0 Å². The van der Waals surface area contributed by atoms with E-state index in [4.69, 9.17) is 0 Å². The van der Waals surface area contributed by atoms with E-state index < -0.39 is 0 Å². The van der Waals surface area contributed by atoms with Gasteiger partial charge in [0.05, 0.1) is 0 Å². The van der Waals surface area contributed by atoms with E-state index in [1.165, 1.54) is 5.56 Å². The average molecular weight is 146 g/mol. The number of rotatable bonds is 1. The Morgan fingerprint density at radius 3 is 1.91 bits per heavy atom. The molecule has 0 unspecified atom stereocenters. The molecule has 0 bridgehead atoms. The first kappa shape index (κ1) is 6.90. The Morgan fingerprint density at radius 2 is 1.45 bits per heavy atom. The second-order valence-corrected chi connectivity index (χ2v) is 3.65. The quantitative estimate of drug-likeness (QED) is 0.571. The van der Waals surface area contributed by atoms with Gasteiger partial charge in [-0.05, 0) is 23.3 Å². The van der Waals surface area contributed by atoms with Crippen LogP contribution in [0.4, 0.5) is 0 Å². The van der Waals surface area contributed by atoms with Crippen molar-refractivity contribution in [2.45, 2.75) is 19.8 Å². The molecule has 0 heterocycles. The SMILES string of the molecule is C[C@H]1C(c2ccccc2)[C@@H]1C. The van der Waals surface area contributed by atoms with Crippen molar-refractivity contribution < 1.29 is 0 Å². The highest BCUT2D eigenvalue weighted by atomic mass is 14.5. The molecule has 0 amide bonds. The largest absolute Gasteiger partial charge is 0.0622 e. The highest BCUT2D eigenvalue weighted by Gasteiger charge is 2.43. The van der Waals surface area contributed by atoms with Crippen molar-refractivity contribution in [2.75, 3.05) is 0 Å². The van der Waals surface area contributed by atoms with Gasteiger partial charge in [-0.25, -0.2) is 0 Å². The lowest BCUT2D eigenvalue weighted by Crippen LogP contribution is -1.78. The summed E-state index contributed by atoms with van der Waals surface area (Å²) in [5, 5.41) is 0. The third-order valence-corrected chi connectivity index (χ3v) is 3.01. The molecule has 58 valence electrons. The first-order chi connectivity index (χ1) is 5.30. The highest BCUT2D eigenvalue weighted by molar-refractivity contribution is 5.26. The monoisotopic (exact) mass is 146 g/mol. The smallest absolute Gasteiger partial charge is 0.0105 e. The second kappa shape index (κ2) is 2.37. The summed E-state index contributed by atoms with van der Waals surface area (Å²) >= 11 is 0. The summed E-state index contributed by atoms with van der Waals surface area (Å²) in [4.78, 5) is 0. The second-order valence-electron chi connectivity index (χ2n) is 3.65. The Labute approximate surface area is 68.3 Å². The van der Waals surface area contributed by atoms with E-state index >= 15 is 0 Å². The van der Waals surface area contributed by atoms with Crippen molar-refractivity contribution in [3.63, 3.8) is 0 Å². The fourth-order valence-electron chi connectivity index (χ4n) is 1.95.